The molecule has 0 bridgehead atoms. The van der Waals surface area contributed by atoms with Gasteiger partial charge in [-0.1, -0.05) is 17.7 Å². The molecular formula is C18H15FN2O2S. The predicted octanol–water partition coefficient (Wildman–Crippen LogP) is 4.28. The second-order valence-electron chi connectivity index (χ2n) is 5.19. The Labute approximate surface area is 142 Å². The van der Waals surface area contributed by atoms with Gasteiger partial charge in [0.2, 0.25) is 0 Å². The second kappa shape index (κ2) is 7.23. The first-order valence-corrected chi connectivity index (χ1v) is 8.19. The lowest BCUT2D eigenvalue weighted by Crippen LogP contribution is -2.20. The highest BCUT2D eigenvalue weighted by Crippen LogP contribution is 2.25. The molecule has 6 heteroatoms. The van der Waals surface area contributed by atoms with Crippen LogP contribution in [0.3, 0.4) is 0 Å². The lowest BCUT2D eigenvalue weighted by atomic mass is 10.2. The zero-order valence-electron chi connectivity index (χ0n) is 13.0. The Balaban J connectivity index is 1.57. The highest BCUT2D eigenvalue weighted by molar-refractivity contribution is 7.14. The third kappa shape index (κ3) is 4.17. The molecule has 1 N–H and O–H groups in total. The van der Waals surface area contributed by atoms with Crippen LogP contribution in [0, 0.1) is 12.7 Å². The summed E-state index contributed by atoms with van der Waals surface area (Å²) < 4.78 is 18.4. The van der Waals surface area contributed by atoms with Crippen LogP contribution < -0.4 is 10.1 Å². The van der Waals surface area contributed by atoms with Gasteiger partial charge < -0.3 is 4.74 Å². The van der Waals surface area contributed by atoms with E-state index in [1.165, 1.54) is 23.5 Å². The van der Waals surface area contributed by atoms with E-state index in [0.717, 1.165) is 11.1 Å². The van der Waals surface area contributed by atoms with Gasteiger partial charge in [-0.15, -0.1) is 11.3 Å². The van der Waals surface area contributed by atoms with E-state index in [-0.39, 0.29) is 18.3 Å². The maximum Gasteiger partial charge on any atom is 0.264 e. The van der Waals surface area contributed by atoms with Gasteiger partial charge in [-0.3, -0.25) is 10.1 Å². The molecule has 3 aromatic rings. The number of carbonyl (C=O) groups is 1. The fourth-order valence-corrected chi connectivity index (χ4v) is 2.76. The maximum atomic E-state index is 12.9. The Kier molecular flexibility index (Phi) is 4.86. The first kappa shape index (κ1) is 16.1. The fourth-order valence-electron chi connectivity index (χ4n) is 2.02. The molecule has 24 heavy (non-hydrogen) atoms. The molecule has 122 valence electrons. The van der Waals surface area contributed by atoms with E-state index in [0.29, 0.717) is 16.6 Å². The summed E-state index contributed by atoms with van der Waals surface area (Å²) in [7, 11) is 0. The average molecular weight is 342 g/mol. The minimum Gasteiger partial charge on any atom is -0.484 e. The van der Waals surface area contributed by atoms with E-state index in [9.17, 15) is 9.18 Å². The second-order valence-corrected chi connectivity index (χ2v) is 6.05. The molecule has 0 spiro atoms. The SMILES string of the molecule is Cc1ccc(OCC(=O)Nc2nc(-c3ccc(F)cc3)cs2)cc1. The van der Waals surface area contributed by atoms with Gasteiger partial charge in [0.15, 0.2) is 11.7 Å². The Hall–Kier alpha value is -2.73. The van der Waals surface area contributed by atoms with Crippen LogP contribution in [-0.4, -0.2) is 17.5 Å². The Bertz CT molecular complexity index is 829. The van der Waals surface area contributed by atoms with Crippen molar-refractivity contribution in [3.05, 3.63) is 65.3 Å². The van der Waals surface area contributed by atoms with E-state index in [4.69, 9.17) is 4.74 Å². The fraction of sp³-hybridized carbons (Fsp3) is 0.111. The molecular weight excluding hydrogens is 327 g/mol. The van der Waals surface area contributed by atoms with E-state index in [2.05, 4.69) is 10.3 Å². The highest BCUT2D eigenvalue weighted by Gasteiger charge is 2.09. The zero-order chi connectivity index (χ0) is 16.9. The summed E-state index contributed by atoms with van der Waals surface area (Å²) in [6.45, 7) is 1.90. The molecule has 0 aliphatic carbocycles. The predicted molar refractivity (Wildman–Crippen MR) is 92.8 cm³/mol. The van der Waals surface area contributed by atoms with Gasteiger partial charge in [0.1, 0.15) is 11.6 Å². The number of aromatic nitrogens is 1. The van der Waals surface area contributed by atoms with Crippen molar-refractivity contribution in [2.45, 2.75) is 6.92 Å². The lowest BCUT2D eigenvalue weighted by molar-refractivity contribution is -0.118. The summed E-state index contributed by atoms with van der Waals surface area (Å²) in [5.74, 6) is 0.0632. The highest BCUT2D eigenvalue weighted by atomic mass is 32.1. The van der Waals surface area contributed by atoms with Gasteiger partial charge >= 0.3 is 0 Å². The van der Waals surface area contributed by atoms with E-state index >= 15 is 0 Å². The molecule has 0 unspecified atom stereocenters. The van der Waals surface area contributed by atoms with Gasteiger partial charge in [0, 0.05) is 10.9 Å². The molecule has 1 heterocycles. The number of halogens is 1. The quantitative estimate of drug-likeness (QED) is 0.753. The first-order valence-electron chi connectivity index (χ1n) is 7.31. The van der Waals surface area contributed by atoms with Crippen LogP contribution in [0.4, 0.5) is 9.52 Å². The van der Waals surface area contributed by atoms with Crippen LogP contribution in [0.1, 0.15) is 5.56 Å². The number of amides is 1. The third-order valence-corrected chi connectivity index (χ3v) is 4.04. The number of hydrogen-bond acceptors (Lipinski definition) is 4. The molecule has 0 atom stereocenters. The van der Waals surface area contributed by atoms with Crippen molar-refractivity contribution < 1.29 is 13.9 Å². The molecule has 0 radical (unpaired) electrons. The first-order chi connectivity index (χ1) is 11.6. The lowest BCUT2D eigenvalue weighted by Gasteiger charge is -2.05. The normalized spacial score (nSPS) is 10.4. The van der Waals surface area contributed by atoms with Crippen molar-refractivity contribution >= 4 is 22.4 Å². The van der Waals surface area contributed by atoms with Crippen LogP contribution in [-0.2, 0) is 4.79 Å². The van der Waals surface area contributed by atoms with Gasteiger partial charge in [-0.25, -0.2) is 9.37 Å². The number of nitrogens with one attached hydrogen (secondary N) is 1. The van der Waals surface area contributed by atoms with Crippen molar-refractivity contribution in [1.82, 2.24) is 4.98 Å². The summed E-state index contributed by atoms with van der Waals surface area (Å²) in [6, 6.07) is 13.5. The summed E-state index contributed by atoms with van der Waals surface area (Å²) in [5, 5.41) is 4.98. The standard InChI is InChI=1S/C18H15FN2O2S/c1-12-2-8-15(9-3-12)23-10-17(22)21-18-20-16(11-24-18)13-4-6-14(19)7-5-13/h2-9,11H,10H2,1H3,(H,20,21,22). The summed E-state index contributed by atoms with van der Waals surface area (Å²) >= 11 is 1.31. The number of anilines is 1. The molecule has 2 aromatic carbocycles. The number of hydrogen-bond donors (Lipinski definition) is 1. The largest absolute Gasteiger partial charge is 0.484 e. The topological polar surface area (TPSA) is 51.2 Å². The van der Waals surface area contributed by atoms with E-state index < -0.39 is 0 Å². The van der Waals surface area contributed by atoms with Crippen molar-refractivity contribution in [1.29, 1.82) is 0 Å². The van der Waals surface area contributed by atoms with Gasteiger partial charge in [-0.05, 0) is 43.3 Å². The van der Waals surface area contributed by atoms with E-state index in [1.54, 1.807) is 12.1 Å². The Morgan fingerprint density at radius 2 is 1.88 bits per heavy atom. The molecule has 1 aromatic heterocycles. The van der Waals surface area contributed by atoms with Crippen molar-refractivity contribution in [3.63, 3.8) is 0 Å². The number of carbonyl (C=O) groups excluding carboxylic acids is 1. The number of ether oxygens (including phenoxy) is 1. The van der Waals surface area contributed by atoms with Crippen LogP contribution in [0.2, 0.25) is 0 Å². The van der Waals surface area contributed by atoms with Crippen molar-refractivity contribution in [2.24, 2.45) is 0 Å². The van der Waals surface area contributed by atoms with Crippen LogP contribution in [0.15, 0.2) is 53.9 Å². The van der Waals surface area contributed by atoms with E-state index in [1.807, 2.05) is 36.6 Å². The number of thiazole rings is 1. The molecule has 0 aliphatic rings. The summed E-state index contributed by atoms with van der Waals surface area (Å²) in [6.07, 6.45) is 0. The zero-order valence-corrected chi connectivity index (χ0v) is 13.8. The molecule has 0 fully saturated rings. The molecule has 4 nitrogen and oxygen atoms in total. The molecule has 0 aliphatic heterocycles. The summed E-state index contributed by atoms with van der Waals surface area (Å²) in [4.78, 5) is 16.2. The molecule has 3 rings (SSSR count). The van der Waals surface area contributed by atoms with Gasteiger partial charge in [-0.2, -0.15) is 0 Å². The number of nitrogens with zero attached hydrogens (tertiary/aromatic N) is 1. The number of rotatable bonds is 5. The van der Waals surface area contributed by atoms with Gasteiger partial charge in [0.25, 0.3) is 5.91 Å². The van der Waals surface area contributed by atoms with Crippen molar-refractivity contribution in [2.75, 3.05) is 11.9 Å². The van der Waals surface area contributed by atoms with Crippen LogP contribution in [0.5, 0.6) is 5.75 Å². The smallest absolute Gasteiger partial charge is 0.264 e. The number of aryl methyl sites for hydroxylation is 1. The average Bonchev–Trinajstić information content (AvgIpc) is 3.03. The monoisotopic (exact) mass is 342 g/mol. The van der Waals surface area contributed by atoms with Crippen LogP contribution >= 0.6 is 11.3 Å². The molecule has 1 amide bonds. The molecule has 0 saturated carbocycles. The maximum absolute atomic E-state index is 12.9. The minimum atomic E-state index is -0.296. The third-order valence-electron chi connectivity index (χ3n) is 3.28. The Morgan fingerprint density at radius 1 is 1.17 bits per heavy atom. The van der Waals surface area contributed by atoms with Crippen molar-refractivity contribution in [3.8, 4) is 17.0 Å². The molecule has 0 saturated heterocycles. The summed E-state index contributed by atoms with van der Waals surface area (Å²) in [5.41, 5.74) is 2.61. The Morgan fingerprint density at radius 3 is 2.58 bits per heavy atom. The number of benzene rings is 2. The van der Waals surface area contributed by atoms with Crippen LogP contribution in [0.25, 0.3) is 11.3 Å². The van der Waals surface area contributed by atoms with Gasteiger partial charge in [0.05, 0.1) is 5.69 Å². The minimum absolute atomic E-state index is 0.0888.